The van der Waals surface area contributed by atoms with Gasteiger partial charge in [0.05, 0.1) is 24.4 Å². The molecule has 3 heterocycles. The van der Waals surface area contributed by atoms with E-state index < -0.39 is 0 Å². The highest BCUT2D eigenvalue weighted by Crippen LogP contribution is 2.28. The van der Waals surface area contributed by atoms with Crippen molar-refractivity contribution in [3.8, 4) is 0 Å². The molecule has 0 radical (unpaired) electrons. The van der Waals surface area contributed by atoms with Gasteiger partial charge in [-0.1, -0.05) is 24.3 Å². The van der Waals surface area contributed by atoms with E-state index in [1.54, 1.807) is 10.9 Å². The Balaban J connectivity index is 0.00000131. The number of amides is 1. The van der Waals surface area contributed by atoms with E-state index in [1.807, 2.05) is 43.7 Å². The Morgan fingerprint density at radius 3 is 2.85 bits per heavy atom. The third-order valence-corrected chi connectivity index (χ3v) is 4.89. The lowest BCUT2D eigenvalue weighted by molar-refractivity contribution is -0.125. The molecule has 2 atom stereocenters. The zero-order chi connectivity index (χ0) is 17.2. The predicted octanol–water partition coefficient (Wildman–Crippen LogP) is 2.43. The van der Waals surface area contributed by atoms with Crippen molar-refractivity contribution in [3.63, 3.8) is 0 Å². The average molecular weight is 408 g/mol. The molecular formula is C19H23Cl2N5O. The van der Waals surface area contributed by atoms with Crippen molar-refractivity contribution in [1.82, 2.24) is 25.4 Å². The SMILES string of the molecule is Cl.Cl.Cn1cc([C@H]2CNC[C@@H]2C(=O)NCc2nccc3ccccc23)cn1. The molecule has 1 aliphatic rings. The van der Waals surface area contributed by atoms with Gasteiger partial charge in [0.1, 0.15) is 0 Å². The minimum absolute atomic E-state index is 0. The van der Waals surface area contributed by atoms with Crippen LogP contribution in [0.3, 0.4) is 0 Å². The standard InChI is InChI=1S/C19H21N5O.2ClH/c1-24-12-14(8-23-24)16-9-20-10-17(16)19(25)22-11-18-15-5-3-2-4-13(15)6-7-21-18;;/h2-8,12,16-17,20H,9-11H2,1H3,(H,22,25);2*1H/t16-,17+;;/m1../s1. The summed E-state index contributed by atoms with van der Waals surface area (Å²) in [5.74, 6) is 0.141. The fraction of sp³-hybridized carbons (Fsp3) is 0.316. The molecule has 1 aliphatic heterocycles. The molecule has 1 fully saturated rings. The molecule has 1 aromatic carbocycles. The van der Waals surface area contributed by atoms with Crippen LogP contribution in [0.25, 0.3) is 10.8 Å². The number of nitrogens with one attached hydrogen (secondary N) is 2. The molecule has 0 saturated carbocycles. The first-order valence-electron chi connectivity index (χ1n) is 8.52. The smallest absolute Gasteiger partial charge is 0.225 e. The highest BCUT2D eigenvalue weighted by atomic mass is 35.5. The van der Waals surface area contributed by atoms with Gasteiger partial charge in [-0.15, -0.1) is 24.8 Å². The molecule has 0 aliphatic carbocycles. The third-order valence-electron chi connectivity index (χ3n) is 4.89. The number of aromatic nitrogens is 3. The number of pyridine rings is 1. The van der Waals surface area contributed by atoms with Crippen LogP contribution in [0.5, 0.6) is 0 Å². The van der Waals surface area contributed by atoms with Gasteiger partial charge in [-0.25, -0.2) is 0 Å². The first-order valence-corrected chi connectivity index (χ1v) is 8.52. The second-order valence-electron chi connectivity index (χ2n) is 6.52. The van der Waals surface area contributed by atoms with Crippen molar-refractivity contribution in [3.05, 3.63) is 60.2 Å². The lowest BCUT2D eigenvalue weighted by atomic mass is 9.90. The van der Waals surface area contributed by atoms with E-state index in [4.69, 9.17) is 0 Å². The summed E-state index contributed by atoms with van der Waals surface area (Å²) in [6, 6.07) is 10.1. The largest absolute Gasteiger partial charge is 0.350 e. The maximum Gasteiger partial charge on any atom is 0.225 e. The van der Waals surface area contributed by atoms with Crippen LogP contribution in [0, 0.1) is 5.92 Å². The summed E-state index contributed by atoms with van der Waals surface area (Å²) in [6.45, 7) is 1.93. The first-order chi connectivity index (χ1) is 12.2. The van der Waals surface area contributed by atoms with Gasteiger partial charge < -0.3 is 10.6 Å². The van der Waals surface area contributed by atoms with Crippen LogP contribution in [0.1, 0.15) is 17.2 Å². The van der Waals surface area contributed by atoms with Crippen LogP contribution >= 0.6 is 24.8 Å². The van der Waals surface area contributed by atoms with Crippen LogP contribution < -0.4 is 10.6 Å². The Bertz CT molecular complexity index is 909. The maximum atomic E-state index is 12.7. The first kappa shape index (κ1) is 21.2. The molecule has 1 saturated heterocycles. The summed E-state index contributed by atoms with van der Waals surface area (Å²) >= 11 is 0. The van der Waals surface area contributed by atoms with Crippen molar-refractivity contribution in [2.24, 2.45) is 13.0 Å². The minimum Gasteiger partial charge on any atom is -0.350 e. The lowest BCUT2D eigenvalue weighted by Gasteiger charge is -2.17. The van der Waals surface area contributed by atoms with Gasteiger partial charge in [-0.2, -0.15) is 5.10 Å². The van der Waals surface area contributed by atoms with Gasteiger partial charge in [0.25, 0.3) is 0 Å². The van der Waals surface area contributed by atoms with Crippen LogP contribution in [0.15, 0.2) is 48.9 Å². The highest BCUT2D eigenvalue weighted by molar-refractivity contribution is 5.86. The van der Waals surface area contributed by atoms with Crippen molar-refractivity contribution >= 4 is 41.5 Å². The van der Waals surface area contributed by atoms with Gasteiger partial charge >= 0.3 is 0 Å². The minimum atomic E-state index is -0.0841. The molecule has 4 rings (SSSR count). The second kappa shape index (κ2) is 9.17. The third kappa shape index (κ3) is 4.40. The Morgan fingerprint density at radius 1 is 1.26 bits per heavy atom. The number of rotatable bonds is 4. The molecular weight excluding hydrogens is 385 g/mol. The average Bonchev–Trinajstić information content (AvgIpc) is 3.28. The summed E-state index contributed by atoms with van der Waals surface area (Å²) < 4.78 is 1.78. The lowest BCUT2D eigenvalue weighted by Crippen LogP contribution is -2.34. The monoisotopic (exact) mass is 407 g/mol. The number of fused-ring (bicyclic) bond motifs is 1. The number of halogens is 2. The molecule has 1 amide bonds. The van der Waals surface area contributed by atoms with Gasteiger partial charge in [0.15, 0.2) is 0 Å². The number of nitrogens with zero attached hydrogens (tertiary/aromatic N) is 3. The van der Waals surface area contributed by atoms with Gasteiger partial charge in [-0.3, -0.25) is 14.5 Å². The maximum absolute atomic E-state index is 12.7. The molecule has 144 valence electrons. The molecule has 0 spiro atoms. The van der Waals surface area contributed by atoms with Crippen LogP contribution in [0.2, 0.25) is 0 Å². The molecule has 27 heavy (non-hydrogen) atoms. The number of aryl methyl sites for hydroxylation is 1. The van der Waals surface area contributed by atoms with Crippen molar-refractivity contribution in [2.75, 3.05) is 13.1 Å². The molecule has 2 N–H and O–H groups in total. The van der Waals surface area contributed by atoms with E-state index in [1.165, 1.54) is 0 Å². The van der Waals surface area contributed by atoms with Gasteiger partial charge in [-0.05, 0) is 17.0 Å². The zero-order valence-electron chi connectivity index (χ0n) is 15.0. The van der Waals surface area contributed by atoms with Crippen LogP contribution in [0.4, 0.5) is 0 Å². The van der Waals surface area contributed by atoms with Crippen LogP contribution in [-0.4, -0.2) is 33.8 Å². The molecule has 0 unspecified atom stereocenters. The van der Waals surface area contributed by atoms with E-state index >= 15 is 0 Å². The summed E-state index contributed by atoms with van der Waals surface area (Å²) in [5, 5.41) is 12.8. The number of hydrogen-bond donors (Lipinski definition) is 2. The quantitative estimate of drug-likeness (QED) is 0.696. The van der Waals surface area contributed by atoms with Crippen LogP contribution in [-0.2, 0) is 18.4 Å². The predicted molar refractivity (Wildman–Crippen MR) is 110 cm³/mol. The van der Waals surface area contributed by atoms with Gasteiger partial charge in [0, 0.05) is 43.8 Å². The van der Waals surface area contributed by atoms with E-state index in [0.29, 0.717) is 13.1 Å². The Hall–Kier alpha value is -2.15. The summed E-state index contributed by atoms with van der Waals surface area (Å²) in [4.78, 5) is 17.2. The fourth-order valence-corrected chi connectivity index (χ4v) is 3.56. The van der Waals surface area contributed by atoms with Crippen molar-refractivity contribution in [1.29, 1.82) is 0 Å². The number of carbonyl (C=O) groups excluding carboxylic acids is 1. The van der Waals surface area contributed by atoms with E-state index in [2.05, 4.69) is 26.8 Å². The number of benzene rings is 1. The summed E-state index contributed by atoms with van der Waals surface area (Å²) in [5.41, 5.74) is 2.01. The van der Waals surface area contributed by atoms with E-state index in [9.17, 15) is 4.79 Å². The molecule has 3 aromatic rings. The van der Waals surface area contributed by atoms with Crippen molar-refractivity contribution < 1.29 is 4.79 Å². The molecule has 8 heteroatoms. The van der Waals surface area contributed by atoms with E-state index in [0.717, 1.165) is 28.6 Å². The number of carbonyl (C=O) groups is 1. The Kier molecular flexibility index (Phi) is 7.18. The number of hydrogen-bond acceptors (Lipinski definition) is 4. The topological polar surface area (TPSA) is 71.8 Å². The van der Waals surface area contributed by atoms with E-state index in [-0.39, 0.29) is 42.6 Å². The fourth-order valence-electron chi connectivity index (χ4n) is 3.56. The summed E-state index contributed by atoms with van der Waals surface area (Å²) in [7, 11) is 1.90. The second-order valence-corrected chi connectivity index (χ2v) is 6.52. The Morgan fingerprint density at radius 2 is 2.07 bits per heavy atom. The van der Waals surface area contributed by atoms with Gasteiger partial charge in [0.2, 0.25) is 5.91 Å². The Labute approximate surface area is 170 Å². The zero-order valence-corrected chi connectivity index (χ0v) is 16.6. The highest BCUT2D eigenvalue weighted by Gasteiger charge is 2.34. The summed E-state index contributed by atoms with van der Waals surface area (Å²) in [6.07, 6.45) is 5.63. The molecule has 0 bridgehead atoms. The molecule has 2 aromatic heterocycles. The molecule has 6 nitrogen and oxygen atoms in total. The normalized spacial score (nSPS) is 18.6. The van der Waals surface area contributed by atoms with Crippen molar-refractivity contribution in [2.45, 2.75) is 12.5 Å².